The van der Waals surface area contributed by atoms with E-state index in [1.165, 1.54) is 6.33 Å². The minimum Gasteiger partial charge on any atom is -0.493 e. The van der Waals surface area contributed by atoms with Crippen LogP contribution in [0.2, 0.25) is 0 Å². The molecule has 0 saturated carbocycles. The van der Waals surface area contributed by atoms with Crippen molar-refractivity contribution in [1.29, 1.82) is 0 Å². The number of anilines is 3. The summed E-state index contributed by atoms with van der Waals surface area (Å²) in [6.07, 6.45) is 1.48. The topological polar surface area (TPSA) is 90.0 Å². The van der Waals surface area contributed by atoms with Gasteiger partial charge in [-0.15, -0.1) is 0 Å². The lowest BCUT2D eigenvalue weighted by Crippen LogP contribution is -2.38. The first-order valence-electron chi connectivity index (χ1n) is 11.1. The van der Waals surface area contributed by atoms with E-state index in [4.69, 9.17) is 18.9 Å². The molecule has 1 fully saturated rings. The fourth-order valence-corrected chi connectivity index (χ4v) is 4.29. The van der Waals surface area contributed by atoms with Crippen molar-refractivity contribution < 1.29 is 18.9 Å². The number of methoxy groups -OCH3 is 1. The predicted octanol–water partition coefficient (Wildman–Crippen LogP) is 4.42. The van der Waals surface area contributed by atoms with Gasteiger partial charge >= 0.3 is 0 Å². The molecule has 0 radical (unpaired) electrons. The van der Waals surface area contributed by atoms with Crippen molar-refractivity contribution >= 4 is 33.1 Å². The molecule has 1 aromatic heterocycles. The Morgan fingerprint density at radius 3 is 2.85 bits per heavy atom. The van der Waals surface area contributed by atoms with Crippen molar-refractivity contribution in [3.8, 4) is 23.1 Å². The Kier molecular flexibility index (Phi) is 6.98. The molecule has 3 heterocycles. The van der Waals surface area contributed by atoms with Gasteiger partial charge in [0.25, 0.3) is 0 Å². The van der Waals surface area contributed by atoms with E-state index < -0.39 is 0 Å². The van der Waals surface area contributed by atoms with E-state index in [-0.39, 0.29) is 0 Å². The van der Waals surface area contributed by atoms with Crippen LogP contribution in [-0.2, 0) is 11.3 Å². The van der Waals surface area contributed by atoms with Gasteiger partial charge in [0.2, 0.25) is 5.88 Å². The minimum atomic E-state index is 0.440. The van der Waals surface area contributed by atoms with Crippen molar-refractivity contribution in [2.45, 2.75) is 6.54 Å². The number of halogens is 1. The van der Waals surface area contributed by atoms with Gasteiger partial charge in [-0.2, -0.15) is 4.98 Å². The van der Waals surface area contributed by atoms with Gasteiger partial charge in [-0.3, -0.25) is 4.90 Å². The van der Waals surface area contributed by atoms with Crippen LogP contribution in [-0.4, -0.2) is 61.4 Å². The summed E-state index contributed by atoms with van der Waals surface area (Å²) in [5.41, 5.74) is 2.52. The number of morpholine rings is 1. The van der Waals surface area contributed by atoms with Crippen LogP contribution in [0, 0.1) is 0 Å². The lowest BCUT2D eigenvalue weighted by molar-refractivity contribution is 0.0321. The maximum atomic E-state index is 6.22. The van der Waals surface area contributed by atoms with Crippen LogP contribution in [0.5, 0.6) is 23.1 Å². The van der Waals surface area contributed by atoms with Crippen LogP contribution in [0.25, 0.3) is 0 Å². The molecule has 2 N–H and O–H groups in total. The average Bonchev–Trinajstić information content (AvgIpc) is 3.03. The summed E-state index contributed by atoms with van der Waals surface area (Å²) in [4.78, 5) is 11.1. The first-order valence-corrected chi connectivity index (χ1v) is 11.9. The molecule has 0 unspecified atom stereocenters. The zero-order chi connectivity index (χ0) is 23.3. The number of hydrogen-bond donors (Lipinski definition) is 2. The summed E-state index contributed by atoms with van der Waals surface area (Å²) in [5, 5.41) is 6.74. The van der Waals surface area contributed by atoms with Gasteiger partial charge in [-0.05, 0) is 24.3 Å². The van der Waals surface area contributed by atoms with E-state index in [0.717, 1.165) is 48.6 Å². The van der Waals surface area contributed by atoms with E-state index in [1.807, 2.05) is 36.4 Å². The zero-order valence-corrected chi connectivity index (χ0v) is 20.4. The molecule has 2 aliphatic heterocycles. The second-order valence-electron chi connectivity index (χ2n) is 7.91. The van der Waals surface area contributed by atoms with Gasteiger partial charge in [-0.25, -0.2) is 4.98 Å². The lowest BCUT2D eigenvalue weighted by Gasteiger charge is -2.26. The Labute approximate surface area is 206 Å². The molecule has 34 heavy (non-hydrogen) atoms. The van der Waals surface area contributed by atoms with E-state index in [0.29, 0.717) is 47.8 Å². The molecule has 0 spiro atoms. The molecular formula is C24H26BrN5O4. The standard InChI is InChI=1S/C24H26BrN5O4/c1-31-20-11-16-14-26-22-23(29-18-4-2-3-17(25)12-18)27-15-28-24(22)34-19(16)13-21(20)33-10-7-30-5-8-32-9-6-30/h2-4,11-13,15,26H,5-10,14H2,1H3,(H,27,28,29). The Morgan fingerprint density at radius 1 is 1.15 bits per heavy atom. The molecule has 10 heteroatoms. The van der Waals surface area contributed by atoms with Gasteiger partial charge in [0.15, 0.2) is 17.3 Å². The lowest BCUT2D eigenvalue weighted by atomic mass is 10.1. The number of nitrogens with one attached hydrogen (secondary N) is 2. The molecule has 2 aromatic carbocycles. The third-order valence-corrected chi connectivity index (χ3v) is 6.17. The predicted molar refractivity (Wildman–Crippen MR) is 133 cm³/mol. The molecule has 2 aliphatic rings. The van der Waals surface area contributed by atoms with Crippen molar-refractivity contribution in [2.75, 3.05) is 57.2 Å². The number of ether oxygens (including phenoxy) is 4. The summed E-state index contributed by atoms with van der Waals surface area (Å²) >= 11 is 3.50. The molecule has 5 rings (SSSR count). The summed E-state index contributed by atoms with van der Waals surface area (Å²) < 4.78 is 24.3. The van der Waals surface area contributed by atoms with Crippen LogP contribution in [0.4, 0.5) is 17.2 Å². The van der Waals surface area contributed by atoms with Crippen LogP contribution in [0.15, 0.2) is 47.2 Å². The summed E-state index contributed by atoms with van der Waals surface area (Å²) in [6, 6.07) is 11.7. The highest BCUT2D eigenvalue weighted by atomic mass is 79.9. The van der Waals surface area contributed by atoms with Crippen molar-refractivity contribution in [3.05, 3.63) is 52.8 Å². The van der Waals surface area contributed by atoms with E-state index >= 15 is 0 Å². The van der Waals surface area contributed by atoms with E-state index in [2.05, 4.69) is 41.4 Å². The highest BCUT2D eigenvalue weighted by molar-refractivity contribution is 9.10. The van der Waals surface area contributed by atoms with Gasteiger partial charge < -0.3 is 29.6 Å². The average molecular weight is 528 g/mol. The van der Waals surface area contributed by atoms with E-state index in [1.54, 1.807) is 7.11 Å². The third-order valence-electron chi connectivity index (χ3n) is 5.68. The Balaban J connectivity index is 1.35. The minimum absolute atomic E-state index is 0.440. The van der Waals surface area contributed by atoms with Gasteiger partial charge in [0.1, 0.15) is 24.4 Å². The third kappa shape index (κ3) is 5.19. The summed E-state index contributed by atoms with van der Waals surface area (Å²) in [6.45, 7) is 5.27. The number of aromatic nitrogens is 2. The molecule has 0 atom stereocenters. The molecule has 1 saturated heterocycles. The quantitative estimate of drug-likeness (QED) is 0.463. The normalized spacial score (nSPS) is 15.2. The second-order valence-corrected chi connectivity index (χ2v) is 8.82. The Hall–Kier alpha value is -3.08. The number of nitrogens with zero attached hydrogens (tertiary/aromatic N) is 3. The highest BCUT2D eigenvalue weighted by Gasteiger charge is 2.22. The molecule has 0 aliphatic carbocycles. The molecule has 0 amide bonds. The number of benzene rings is 2. The number of fused-ring (bicyclic) bond motifs is 2. The maximum absolute atomic E-state index is 6.22. The number of hydrogen-bond acceptors (Lipinski definition) is 9. The second kappa shape index (κ2) is 10.5. The molecule has 0 bridgehead atoms. The van der Waals surface area contributed by atoms with Crippen molar-refractivity contribution in [2.24, 2.45) is 0 Å². The molecule has 178 valence electrons. The summed E-state index contributed by atoms with van der Waals surface area (Å²) in [5.74, 6) is 3.04. The smallest absolute Gasteiger partial charge is 0.248 e. The maximum Gasteiger partial charge on any atom is 0.248 e. The van der Waals surface area contributed by atoms with Gasteiger partial charge in [0, 0.05) is 48.0 Å². The molecule has 9 nitrogen and oxygen atoms in total. The van der Waals surface area contributed by atoms with Crippen molar-refractivity contribution in [1.82, 2.24) is 14.9 Å². The zero-order valence-electron chi connectivity index (χ0n) is 18.8. The summed E-state index contributed by atoms with van der Waals surface area (Å²) in [7, 11) is 1.64. The fraction of sp³-hybridized carbons (Fsp3) is 0.333. The van der Waals surface area contributed by atoms with E-state index in [9.17, 15) is 0 Å². The monoisotopic (exact) mass is 527 g/mol. The SMILES string of the molecule is COc1cc2c(cc1OCCN1CCOCC1)Oc1ncnc(Nc3cccc(Br)c3)c1NC2. The molecular weight excluding hydrogens is 502 g/mol. The van der Waals surface area contributed by atoms with Crippen molar-refractivity contribution in [3.63, 3.8) is 0 Å². The first-order chi connectivity index (χ1) is 16.7. The molecule has 3 aromatic rings. The van der Waals surface area contributed by atoms with Crippen LogP contribution in [0.1, 0.15) is 5.56 Å². The number of rotatable bonds is 7. The highest BCUT2D eigenvalue weighted by Crippen LogP contribution is 2.42. The van der Waals surface area contributed by atoms with Gasteiger partial charge in [0.05, 0.1) is 20.3 Å². The van der Waals surface area contributed by atoms with Crippen LogP contribution < -0.4 is 24.8 Å². The largest absolute Gasteiger partial charge is 0.493 e. The van der Waals surface area contributed by atoms with Crippen LogP contribution in [0.3, 0.4) is 0 Å². The van der Waals surface area contributed by atoms with Crippen LogP contribution >= 0.6 is 15.9 Å². The van der Waals surface area contributed by atoms with Gasteiger partial charge in [-0.1, -0.05) is 22.0 Å². The Morgan fingerprint density at radius 2 is 2.03 bits per heavy atom. The first kappa shape index (κ1) is 22.7. The fourth-order valence-electron chi connectivity index (χ4n) is 3.89. The Bertz CT molecular complexity index is 1160.